The van der Waals surface area contributed by atoms with Crippen LogP contribution < -0.4 is 37.1 Å². The molecular formula is C64H51BN2Si. The van der Waals surface area contributed by atoms with Gasteiger partial charge in [-0.3, -0.25) is 0 Å². The van der Waals surface area contributed by atoms with Crippen LogP contribution in [-0.2, 0) is 0 Å². The smallest absolute Gasteiger partial charge is 0.252 e. The van der Waals surface area contributed by atoms with Gasteiger partial charge in [-0.25, -0.2) is 0 Å². The van der Waals surface area contributed by atoms with Gasteiger partial charge in [0.1, 0.15) is 0 Å². The summed E-state index contributed by atoms with van der Waals surface area (Å²) in [5.74, 6) is 1.78. The monoisotopic (exact) mass is 886 g/mol. The first kappa shape index (κ1) is 38.9. The van der Waals surface area contributed by atoms with Crippen molar-refractivity contribution >= 4 is 95.4 Å². The summed E-state index contributed by atoms with van der Waals surface area (Å²) >= 11 is 0. The highest BCUT2D eigenvalue weighted by molar-refractivity contribution is 7.24. The van der Waals surface area contributed by atoms with Crippen molar-refractivity contribution in [2.24, 2.45) is 11.8 Å². The van der Waals surface area contributed by atoms with Crippen molar-refractivity contribution in [1.29, 1.82) is 0 Å². The molecule has 0 fully saturated rings. The van der Waals surface area contributed by atoms with E-state index in [4.69, 9.17) is 0 Å². The fourth-order valence-corrected chi connectivity index (χ4v) is 19.4. The van der Waals surface area contributed by atoms with Crippen molar-refractivity contribution in [3.8, 4) is 44.9 Å². The summed E-state index contributed by atoms with van der Waals surface area (Å²) in [6.45, 7) is 14.6. The van der Waals surface area contributed by atoms with E-state index in [9.17, 15) is 0 Å². The van der Waals surface area contributed by atoms with Gasteiger partial charge in [-0.1, -0.05) is 199 Å². The number of benzene rings is 9. The lowest BCUT2D eigenvalue weighted by Gasteiger charge is -2.43. The normalized spacial score (nSPS) is 15.1. The summed E-state index contributed by atoms with van der Waals surface area (Å²) in [6, 6.07) is 69.1. The van der Waals surface area contributed by atoms with E-state index >= 15 is 0 Å². The molecule has 15 rings (SSSR count). The molecule has 6 heterocycles. The van der Waals surface area contributed by atoms with Crippen LogP contribution in [0, 0.1) is 11.8 Å². The van der Waals surface area contributed by atoms with Gasteiger partial charge < -0.3 is 9.13 Å². The van der Waals surface area contributed by atoms with Crippen LogP contribution in [0.4, 0.5) is 0 Å². The summed E-state index contributed by atoms with van der Waals surface area (Å²) in [4.78, 5) is 0. The van der Waals surface area contributed by atoms with Crippen LogP contribution in [0.1, 0.15) is 64.5 Å². The van der Waals surface area contributed by atoms with Gasteiger partial charge in [0.25, 0.3) is 6.71 Å². The van der Waals surface area contributed by atoms with Gasteiger partial charge in [-0.15, -0.1) is 0 Å². The second-order valence-corrected chi connectivity index (χ2v) is 24.9. The first-order valence-corrected chi connectivity index (χ1v) is 27.0. The predicted molar refractivity (Wildman–Crippen MR) is 293 cm³/mol. The van der Waals surface area contributed by atoms with Crippen molar-refractivity contribution in [2.75, 3.05) is 0 Å². The third-order valence-corrected chi connectivity index (χ3v) is 22.4. The van der Waals surface area contributed by atoms with Gasteiger partial charge in [-0.05, 0) is 123 Å². The van der Waals surface area contributed by atoms with E-state index in [0.717, 1.165) is 0 Å². The van der Waals surface area contributed by atoms with Crippen LogP contribution in [0.25, 0.3) is 88.4 Å². The first-order chi connectivity index (χ1) is 33.3. The molecule has 2 nitrogen and oxygen atoms in total. The second-order valence-electron chi connectivity index (χ2n) is 21.2. The molecule has 4 aliphatic rings. The Labute approximate surface area is 399 Å². The van der Waals surface area contributed by atoms with Crippen molar-refractivity contribution in [2.45, 2.75) is 53.4 Å². The van der Waals surface area contributed by atoms with E-state index < -0.39 is 8.07 Å². The lowest BCUT2D eigenvalue weighted by Crippen LogP contribution is -2.77. The SMILES string of the molecule is CC(C)C(C)c1cc2c3c(c1)c1cc(C(C)C(C)C)cc4c1n3-c1c(ccc3c1B2c1cc2ccccc2c2c(-c5ccccc5)c(-c5ccccc5)n-3c12)[Si]41c2ccccc2-c2ccccc21. The number of hydrogen-bond acceptors (Lipinski definition) is 0. The Morgan fingerprint density at radius 1 is 0.441 bits per heavy atom. The minimum atomic E-state index is -2.96. The Hall–Kier alpha value is -7.14. The van der Waals surface area contributed by atoms with E-state index in [1.165, 1.54) is 131 Å². The van der Waals surface area contributed by atoms with E-state index in [1.807, 2.05) is 0 Å². The summed E-state index contributed by atoms with van der Waals surface area (Å²) in [7, 11) is -2.96. The summed E-state index contributed by atoms with van der Waals surface area (Å²) in [6.07, 6.45) is 0. The quantitative estimate of drug-likeness (QED) is 0.147. The molecule has 2 unspecified atom stereocenters. The van der Waals surface area contributed by atoms with E-state index in [0.29, 0.717) is 23.7 Å². The van der Waals surface area contributed by atoms with Crippen molar-refractivity contribution in [1.82, 2.24) is 9.13 Å². The molecule has 2 atom stereocenters. The van der Waals surface area contributed by atoms with Gasteiger partial charge in [-0.2, -0.15) is 0 Å². The molecule has 0 radical (unpaired) electrons. The van der Waals surface area contributed by atoms with Crippen molar-refractivity contribution in [3.05, 3.63) is 187 Å². The van der Waals surface area contributed by atoms with E-state index in [-0.39, 0.29) is 6.71 Å². The molecule has 1 spiro atoms. The van der Waals surface area contributed by atoms with Gasteiger partial charge >= 0.3 is 0 Å². The summed E-state index contributed by atoms with van der Waals surface area (Å²) < 4.78 is 5.54. The molecular weight excluding hydrogens is 836 g/mol. The summed E-state index contributed by atoms with van der Waals surface area (Å²) in [5.41, 5.74) is 22.0. The maximum atomic E-state index is 2.82. The van der Waals surface area contributed by atoms with Crippen LogP contribution in [0.2, 0.25) is 0 Å². The molecule has 0 N–H and O–H groups in total. The first-order valence-electron chi connectivity index (χ1n) is 25.0. The molecule has 0 aliphatic carbocycles. The van der Waals surface area contributed by atoms with Crippen molar-refractivity contribution < 1.29 is 0 Å². The summed E-state index contributed by atoms with van der Waals surface area (Å²) in [5, 5.41) is 12.9. The number of rotatable bonds is 6. The molecule has 0 amide bonds. The Morgan fingerprint density at radius 2 is 1.01 bits per heavy atom. The number of fused-ring (bicyclic) bond motifs is 13. The Kier molecular flexibility index (Phi) is 7.74. The highest BCUT2D eigenvalue weighted by atomic mass is 28.3. The standard InChI is InChI=1S/C64H51BN2Si/c1-36(2)38(5)43-31-48-49-32-44(39(6)37(3)4)35-56-62(49)67-61(48)50(34-43)65-51-33-42-23-13-14-24-45(42)58-57(40-19-9-7-10-20-40)60(41-21-11-8-12-22-41)66(63(51)58)52-29-30-55(64(67)59(52)65)68(56)53-27-17-15-25-46(53)47-26-16-18-28-54(47)68/h7-39H,1-6H3. The number of nitrogens with zero attached hydrogens (tertiary/aromatic N) is 2. The molecule has 0 bridgehead atoms. The van der Waals surface area contributed by atoms with Crippen LogP contribution >= 0.6 is 0 Å². The molecule has 324 valence electrons. The molecule has 0 saturated carbocycles. The number of aromatic nitrogens is 2. The zero-order chi connectivity index (χ0) is 45.5. The highest BCUT2D eigenvalue weighted by Crippen LogP contribution is 2.49. The third-order valence-electron chi connectivity index (χ3n) is 17.5. The van der Waals surface area contributed by atoms with Gasteiger partial charge in [0.2, 0.25) is 0 Å². The van der Waals surface area contributed by atoms with Crippen LogP contribution in [-0.4, -0.2) is 23.9 Å². The zero-order valence-electron chi connectivity index (χ0n) is 39.5. The lowest BCUT2D eigenvalue weighted by molar-refractivity contribution is 0.535. The second kappa shape index (κ2) is 13.5. The predicted octanol–water partition coefficient (Wildman–Crippen LogP) is 11.5. The third kappa shape index (κ3) is 4.61. The maximum absolute atomic E-state index is 2.96. The molecule has 4 heteroatoms. The zero-order valence-corrected chi connectivity index (χ0v) is 40.5. The molecule has 11 aromatic rings. The molecule has 4 aliphatic heterocycles. The number of hydrogen-bond donors (Lipinski definition) is 0. The van der Waals surface area contributed by atoms with Gasteiger partial charge in [0.05, 0.1) is 16.7 Å². The molecule has 9 aromatic carbocycles. The average Bonchev–Trinajstić information content (AvgIpc) is 4.01. The molecule has 0 saturated heterocycles. The van der Waals surface area contributed by atoms with E-state index in [1.54, 1.807) is 5.19 Å². The van der Waals surface area contributed by atoms with Crippen LogP contribution in [0.5, 0.6) is 0 Å². The largest absolute Gasteiger partial charge is 0.310 e. The lowest BCUT2D eigenvalue weighted by atomic mass is 9.34. The Bertz CT molecular complexity index is 3980. The topological polar surface area (TPSA) is 9.86 Å². The van der Waals surface area contributed by atoms with Gasteiger partial charge in [0, 0.05) is 38.6 Å². The minimum absolute atomic E-state index is 0.0221. The molecule has 68 heavy (non-hydrogen) atoms. The van der Waals surface area contributed by atoms with E-state index in [2.05, 4.69) is 227 Å². The Morgan fingerprint density at radius 3 is 1.69 bits per heavy atom. The van der Waals surface area contributed by atoms with Crippen LogP contribution in [0.3, 0.4) is 0 Å². The Balaban J connectivity index is 1.22. The van der Waals surface area contributed by atoms with Crippen molar-refractivity contribution in [3.63, 3.8) is 0 Å². The minimum Gasteiger partial charge on any atom is -0.310 e. The fourth-order valence-electron chi connectivity index (χ4n) is 13.8. The van der Waals surface area contributed by atoms with Gasteiger partial charge in [0.15, 0.2) is 8.07 Å². The highest BCUT2D eigenvalue weighted by Gasteiger charge is 2.56. The van der Waals surface area contributed by atoms with Crippen LogP contribution in [0.15, 0.2) is 176 Å². The average molecular weight is 887 g/mol. The maximum Gasteiger partial charge on any atom is 0.252 e. The molecule has 2 aromatic heterocycles. The fraction of sp³-hybridized carbons (Fsp3) is 0.156.